The van der Waals surface area contributed by atoms with Gasteiger partial charge >= 0.3 is 6.09 Å². The van der Waals surface area contributed by atoms with E-state index in [1.807, 2.05) is 39.8 Å². The minimum absolute atomic E-state index is 0.206. The van der Waals surface area contributed by atoms with Gasteiger partial charge in [0.15, 0.2) is 5.96 Å². The molecular formula is C23H43N5O3. The first kappa shape index (κ1) is 25.3. The number of piperidine rings is 1. The molecule has 1 atom stereocenters. The van der Waals surface area contributed by atoms with E-state index in [1.165, 1.54) is 0 Å². The van der Waals surface area contributed by atoms with Crippen molar-refractivity contribution in [1.29, 1.82) is 0 Å². The van der Waals surface area contributed by atoms with Crippen LogP contribution in [0, 0.1) is 11.3 Å². The van der Waals surface area contributed by atoms with E-state index in [1.54, 1.807) is 11.9 Å². The smallest absolute Gasteiger partial charge is 0.410 e. The fourth-order valence-electron chi connectivity index (χ4n) is 4.65. The van der Waals surface area contributed by atoms with Crippen molar-refractivity contribution < 1.29 is 14.3 Å². The quantitative estimate of drug-likeness (QED) is 0.493. The second kappa shape index (κ2) is 11.0. The van der Waals surface area contributed by atoms with E-state index in [0.29, 0.717) is 12.5 Å². The standard InChI is InChI=1S/C23H43N5O3/c1-22(2,3)31-21(30)28-15-9-10-18(16-28)11-14-25-20(24-4)26-17-23(12-7-8-13-23)19(29)27(5)6/h18H,7-17H2,1-6H3,(H2,24,25,26). The highest BCUT2D eigenvalue weighted by atomic mass is 16.6. The highest BCUT2D eigenvalue weighted by molar-refractivity contribution is 5.85. The van der Waals surface area contributed by atoms with Gasteiger partial charge in [0, 0.05) is 47.3 Å². The maximum Gasteiger partial charge on any atom is 0.410 e. The normalized spacial score (nSPS) is 21.5. The molecule has 1 heterocycles. The lowest BCUT2D eigenvalue weighted by Crippen LogP contribution is -2.49. The van der Waals surface area contributed by atoms with Crippen LogP contribution in [0.3, 0.4) is 0 Å². The molecule has 0 aromatic rings. The monoisotopic (exact) mass is 437 g/mol. The van der Waals surface area contributed by atoms with E-state index in [-0.39, 0.29) is 17.4 Å². The Kier molecular flexibility index (Phi) is 9.01. The molecule has 2 fully saturated rings. The third kappa shape index (κ3) is 7.58. The highest BCUT2D eigenvalue weighted by Gasteiger charge is 2.42. The first-order valence-corrected chi connectivity index (χ1v) is 11.7. The zero-order chi connectivity index (χ0) is 23.1. The topological polar surface area (TPSA) is 86.3 Å². The molecule has 2 aliphatic rings. The predicted molar refractivity (Wildman–Crippen MR) is 124 cm³/mol. The van der Waals surface area contributed by atoms with Gasteiger partial charge in [0.2, 0.25) is 5.91 Å². The summed E-state index contributed by atoms with van der Waals surface area (Å²) < 4.78 is 5.52. The summed E-state index contributed by atoms with van der Waals surface area (Å²) in [5.74, 6) is 1.39. The Labute approximate surface area is 188 Å². The van der Waals surface area contributed by atoms with Gasteiger partial charge in [0.05, 0.1) is 5.41 Å². The number of aliphatic imine (C=N–C) groups is 1. The number of guanidine groups is 1. The molecule has 1 aliphatic heterocycles. The van der Waals surface area contributed by atoms with Crippen LogP contribution < -0.4 is 10.6 Å². The summed E-state index contributed by atoms with van der Waals surface area (Å²) in [6.07, 6.45) is 6.93. The maximum absolute atomic E-state index is 12.7. The Hall–Kier alpha value is -1.99. The van der Waals surface area contributed by atoms with Crippen LogP contribution in [0.1, 0.15) is 65.7 Å². The molecule has 1 saturated carbocycles. The number of carbonyl (C=O) groups is 2. The number of hydrogen-bond acceptors (Lipinski definition) is 4. The van der Waals surface area contributed by atoms with Crippen LogP contribution >= 0.6 is 0 Å². The van der Waals surface area contributed by atoms with E-state index in [9.17, 15) is 9.59 Å². The van der Waals surface area contributed by atoms with Gasteiger partial charge in [-0.15, -0.1) is 0 Å². The molecule has 178 valence electrons. The van der Waals surface area contributed by atoms with Gasteiger partial charge in [-0.2, -0.15) is 0 Å². The maximum atomic E-state index is 12.7. The van der Waals surface area contributed by atoms with E-state index in [4.69, 9.17) is 4.74 Å². The lowest BCUT2D eigenvalue weighted by Gasteiger charge is -2.34. The number of hydrogen-bond donors (Lipinski definition) is 2. The molecule has 8 nitrogen and oxygen atoms in total. The number of carbonyl (C=O) groups excluding carboxylic acids is 2. The third-order valence-corrected chi connectivity index (χ3v) is 6.25. The van der Waals surface area contributed by atoms with E-state index >= 15 is 0 Å². The molecule has 31 heavy (non-hydrogen) atoms. The van der Waals surface area contributed by atoms with Gasteiger partial charge in [0.1, 0.15) is 5.60 Å². The van der Waals surface area contributed by atoms with Crippen molar-refractivity contribution in [2.75, 3.05) is 47.3 Å². The van der Waals surface area contributed by atoms with Crippen molar-refractivity contribution in [1.82, 2.24) is 20.4 Å². The number of likely N-dealkylation sites (tertiary alicyclic amines) is 1. The van der Waals surface area contributed by atoms with Crippen LogP contribution in [0.4, 0.5) is 4.79 Å². The van der Waals surface area contributed by atoms with Gasteiger partial charge in [0.25, 0.3) is 0 Å². The Morgan fingerprint density at radius 1 is 1.16 bits per heavy atom. The number of rotatable bonds is 6. The average molecular weight is 438 g/mol. The summed E-state index contributed by atoms with van der Waals surface area (Å²) in [4.78, 5) is 33.0. The van der Waals surface area contributed by atoms with Crippen LogP contribution in [0.25, 0.3) is 0 Å². The lowest BCUT2D eigenvalue weighted by molar-refractivity contribution is -0.138. The van der Waals surface area contributed by atoms with Crippen LogP contribution in [-0.2, 0) is 9.53 Å². The summed E-state index contributed by atoms with van der Waals surface area (Å²) in [6.45, 7) is 8.60. The molecule has 1 aliphatic carbocycles. The van der Waals surface area contributed by atoms with Gasteiger partial charge in [-0.25, -0.2) is 4.79 Å². The Balaban J connectivity index is 1.78. The Morgan fingerprint density at radius 2 is 1.84 bits per heavy atom. The first-order valence-electron chi connectivity index (χ1n) is 11.7. The summed E-state index contributed by atoms with van der Waals surface area (Å²) in [5.41, 5.74) is -0.785. The zero-order valence-electron chi connectivity index (χ0n) is 20.4. The van der Waals surface area contributed by atoms with Crippen molar-refractivity contribution in [3.05, 3.63) is 0 Å². The molecule has 0 radical (unpaired) electrons. The van der Waals surface area contributed by atoms with Gasteiger partial charge in [-0.3, -0.25) is 9.79 Å². The van der Waals surface area contributed by atoms with Crippen LogP contribution in [0.2, 0.25) is 0 Å². The van der Waals surface area contributed by atoms with Crippen molar-refractivity contribution in [2.45, 2.75) is 71.3 Å². The van der Waals surface area contributed by atoms with Crippen LogP contribution in [0.15, 0.2) is 4.99 Å². The summed E-state index contributed by atoms with van der Waals surface area (Å²) in [7, 11) is 5.43. The summed E-state index contributed by atoms with van der Waals surface area (Å²) >= 11 is 0. The second-order valence-corrected chi connectivity index (χ2v) is 10.3. The number of ether oxygens (including phenoxy) is 1. The van der Waals surface area contributed by atoms with E-state index < -0.39 is 5.60 Å². The van der Waals surface area contributed by atoms with Crippen LogP contribution in [0.5, 0.6) is 0 Å². The highest BCUT2D eigenvalue weighted by Crippen LogP contribution is 2.38. The lowest BCUT2D eigenvalue weighted by atomic mass is 9.84. The average Bonchev–Trinajstić information content (AvgIpc) is 3.19. The zero-order valence-corrected chi connectivity index (χ0v) is 20.4. The molecule has 1 unspecified atom stereocenters. The first-order chi connectivity index (χ1) is 14.6. The van der Waals surface area contributed by atoms with Crippen molar-refractivity contribution >= 4 is 18.0 Å². The molecule has 2 rings (SSSR count). The van der Waals surface area contributed by atoms with Crippen molar-refractivity contribution in [3.8, 4) is 0 Å². The third-order valence-electron chi connectivity index (χ3n) is 6.25. The molecule has 0 aromatic carbocycles. The minimum atomic E-state index is -0.464. The second-order valence-electron chi connectivity index (χ2n) is 10.3. The molecule has 2 N–H and O–H groups in total. The van der Waals surface area contributed by atoms with Crippen molar-refractivity contribution in [2.24, 2.45) is 16.3 Å². The van der Waals surface area contributed by atoms with Gasteiger partial charge < -0.3 is 25.2 Å². The van der Waals surface area contributed by atoms with Crippen LogP contribution in [-0.4, -0.2) is 80.7 Å². The minimum Gasteiger partial charge on any atom is -0.444 e. The molecular weight excluding hydrogens is 394 g/mol. The Morgan fingerprint density at radius 3 is 2.42 bits per heavy atom. The van der Waals surface area contributed by atoms with Gasteiger partial charge in [-0.1, -0.05) is 12.8 Å². The molecule has 1 saturated heterocycles. The number of amides is 2. The summed E-state index contributed by atoms with van der Waals surface area (Å²) in [6, 6.07) is 0. The summed E-state index contributed by atoms with van der Waals surface area (Å²) in [5, 5.41) is 6.77. The predicted octanol–water partition coefficient (Wildman–Crippen LogP) is 2.84. The fourth-order valence-corrected chi connectivity index (χ4v) is 4.65. The molecule has 8 heteroatoms. The molecule has 2 amide bonds. The SMILES string of the molecule is CN=C(NCCC1CCCN(C(=O)OC(C)(C)C)C1)NCC1(C(=O)N(C)C)CCCC1. The number of nitrogens with one attached hydrogen (secondary N) is 2. The van der Waals surface area contributed by atoms with Crippen molar-refractivity contribution in [3.63, 3.8) is 0 Å². The Bertz CT molecular complexity index is 636. The van der Waals surface area contributed by atoms with E-state index in [0.717, 1.165) is 70.5 Å². The molecule has 0 bridgehead atoms. The molecule has 0 spiro atoms. The van der Waals surface area contributed by atoms with Gasteiger partial charge in [-0.05, 0) is 58.8 Å². The van der Waals surface area contributed by atoms with E-state index in [2.05, 4.69) is 15.6 Å². The number of nitrogens with zero attached hydrogens (tertiary/aromatic N) is 3. The largest absolute Gasteiger partial charge is 0.444 e. The fraction of sp³-hybridized carbons (Fsp3) is 0.870. The molecule has 0 aromatic heterocycles.